The molecule has 4 heteroatoms. The molecule has 0 aromatic heterocycles. The third kappa shape index (κ3) is 3.40. The van der Waals surface area contributed by atoms with Crippen molar-refractivity contribution in [2.75, 3.05) is 0 Å². The molecule has 0 aliphatic heterocycles. The Morgan fingerprint density at radius 1 is 0.968 bits per heavy atom. The molecule has 0 amide bonds. The lowest BCUT2D eigenvalue weighted by Crippen LogP contribution is -2.61. The van der Waals surface area contributed by atoms with Crippen LogP contribution in [0, 0.1) is 34.5 Å². The SMILES string of the molecule is C[C@]12CC[C@H](O)C[C@H]1[C@H](O[Si](C)(C)c1ccccc1)C[C@@H]1[C@@H]2CC[C@]2(C)C(=O)CC[C@@H]12. The molecule has 5 rings (SSSR count). The summed E-state index contributed by atoms with van der Waals surface area (Å²) in [5.74, 6) is 2.73. The predicted molar refractivity (Wildman–Crippen MR) is 127 cm³/mol. The number of carbonyl (C=O) groups excluding carboxylic acids is 1. The fourth-order valence-electron chi connectivity index (χ4n) is 8.43. The fraction of sp³-hybridized carbons (Fsp3) is 0.741. The van der Waals surface area contributed by atoms with Crippen molar-refractivity contribution in [1.29, 1.82) is 0 Å². The van der Waals surface area contributed by atoms with E-state index in [-0.39, 0.29) is 23.0 Å². The van der Waals surface area contributed by atoms with E-state index < -0.39 is 8.32 Å². The summed E-state index contributed by atoms with van der Waals surface area (Å²) in [6.45, 7) is 9.43. The number of benzene rings is 1. The Bertz CT molecular complexity index is 838. The smallest absolute Gasteiger partial charge is 0.218 e. The van der Waals surface area contributed by atoms with Crippen LogP contribution < -0.4 is 5.19 Å². The number of ketones is 1. The van der Waals surface area contributed by atoms with Crippen LogP contribution in [0.4, 0.5) is 0 Å². The molecule has 31 heavy (non-hydrogen) atoms. The van der Waals surface area contributed by atoms with Crippen molar-refractivity contribution in [1.82, 2.24) is 0 Å². The molecule has 1 aromatic carbocycles. The molecule has 4 aliphatic rings. The number of aliphatic hydroxyl groups excluding tert-OH is 1. The lowest BCUT2D eigenvalue weighted by atomic mass is 9.44. The molecule has 0 unspecified atom stereocenters. The summed E-state index contributed by atoms with van der Waals surface area (Å²) in [5, 5.41) is 12.0. The van der Waals surface area contributed by atoms with Gasteiger partial charge < -0.3 is 9.53 Å². The van der Waals surface area contributed by atoms with Gasteiger partial charge in [0.05, 0.1) is 6.10 Å². The van der Waals surface area contributed by atoms with Crippen molar-refractivity contribution in [2.45, 2.75) is 90.5 Å². The number of hydrogen-bond acceptors (Lipinski definition) is 3. The van der Waals surface area contributed by atoms with E-state index in [4.69, 9.17) is 4.43 Å². The van der Waals surface area contributed by atoms with E-state index in [0.29, 0.717) is 29.5 Å². The summed E-state index contributed by atoms with van der Waals surface area (Å²) >= 11 is 0. The zero-order chi connectivity index (χ0) is 22.0. The van der Waals surface area contributed by atoms with Crippen molar-refractivity contribution in [3.63, 3.8) is 0 Å². The van der Waals surface area contributed by atoms with Crippen LogP contribution in [0.25, 0.3) is 0 Å². The van der Waals surface area contributed by atoms with Gasteiger partial charge in [-0.25, -0.2) is 0 Å². The summed E-state index contributed by atoms with van der Waals surface area (Å²) < 4.78 is 7.15. The second kappa shape index (κ2) is 7.53. The van der Waals surface area contributed by atoms with Gasteiger partial charge in [-0.1, -0.05) is 44.2 Å². The molecule has 3 nitrogen and oxygen atoms in total. The number of rotatable bonds is 3. The van der Waals surface area contributed by atoms with Gasteiger partial charge in [0.15, 0.2) is 0 Å². The van der Waals surface area contributed by atoms with Gasteiger partial charge in [0, 0.05) is 17.9 Å². The van der Waals surface area contributed by atoms with E-state index in [9.17, 15) is 9.90 Å². The van der Waals surface area contributed by atoms with E-state index in [1.54, 1.807) is 0 Å². The molecule has 4 aliphatic carbocycles. The number of Topliss-reactive ketones (excluding diaryl/α,β-unsaturated/α-hetero) is 1. The molecular formula is C27H40O3Si. The number of hydrogen-bond donors (Lipinski definition) is 1. The van der Waals surface area contributed by atoms with Crippen LogP contribution in [-0.2, 0) is 9.22 Å². The second-order valence-electron chi connectivity index (χ2n) is 12.1. The van der Waals surface area contributed by atoms with Crippen molar-refractivity contribution >= 4 is 19.3 Å². The summed E-state index contributed by atoms with van der Waals surface area (Å²) in [5.41, 5.74) is 0.121. The number of aliphatic hydroxyl groups is 1. The fourth-order valence-corrected chi connectivity index (χ4v) is 10.6. The Morgan fingerprint density at radius 3 is 2.45 bits per heavy atom. The van der Waals surface area contributed by atoms with Crippen LogP contribution >= 0.6 is 0 Å². The normalized spacial score (nSPS) is 45.0. The average molecular weight is 441 g/mol. The Hall–Kier alpha value is -0.973. The van der Waals surface area contributed by atoms with Crippen LogP contribution in [0.5, 0.6) is 0 Å². The molecule has 0 heterocycles. The minimum absolute atomic E-state index is 0.102. The molecule has 0 spiro atoms. The van der Waals surface area contributed by atoms with Crippen molar-refractivity contribution in [2.24, 2.45) is 34.5 Å². The van der Waals surface area contributed by atoms with Crippen LogP contribution in [0.15, 0.2) is 30.3 Å². The summed E-state index contributed by atoms with van der Waals surface area (Å²) in [7, 11) is -2.07. The lowest BCUT2D eigenvalue weighted by Gasteiger charge is -2.62. The predicted octanol–water partition coefficient (Wildman–Crippen LogP) is 5.07. The molecule has 4 saturated carbocycles. The molecule has 4 fully saturated rings. The monoisotopic (exact) mass is 440 g/mol. The molecule has 8 atom stereocenters. The highest BCUT2D eigenvalue weighted by Crippen LogP contribution is 2.66. The average Bonchev–Trinajstić information content (AvgIpc) is 3.05. The number of carbonyl (C=O) groups is 1. The number of fused-ring (bicyclic) bond motifs is 5. The highest BCUT2D eigenvalue weighted by atomic mass is 28.4. The third-order valence-corrected chi connectivity index (χ3v) is 12.9. The van der Waals surface area contributed by atoms with Gasteiger partial charge in [0.25, 0.3) is 0 Å². The van der Waals surface area contributed by atoms with Gasteiger partial charge in [-0.05, 0) is 92.3 Å². The largest absolute Gasteiger partial charge is 0.410 e. The maximum Gasteiger partial charge on any atom is 0.218 e. The molecule has 0 bridgehead atoms. The quantitative estimate of drug-likeness (QED) is 0.668. The Kier molecular flexibility index (Phi) is 5.31. The van der Waals surface area contributed by atoms with Crippen molar-refractivity contribution in [3.8, 4) is 0 Å². The van der Waals surface area contributed by atoms with Crippen molar-refractivity contribution in [3.05, 3.63) is 30.3 Å². The van der Waals surface area contributed by atoms with Crippen LogP contribution in [0.3, 0.4) is 0 Å². The van der Waals surface area contributed by atoms with E-state index in [1.807, 2.05) is 0 Å². The van der Waals surface area contributed by atoms with E-state index in [0.717, 1.165) is 44.9 Å². The highest BCUT2D eigenvalue weighted by Gasteiger charge is 2.62. The molecule has 170 valence electrons. The Labute approximate surface area is 189 Å². The van der Waals surface area contributed by atoms with Gasteiger partial charge in [-0.2, -0.15) is 0 Å². The second-order valence-corrected chi connectivity index (χ2v) is 15.9. The van der Waals surface area contributed by atoms with Gasteiger partial charge in [-0.3, -0.25) is 4.79 Å². The zero-order valence-corrected chi connectivity index (χ0v) is 20.8. The van der Waals surface area contributed by atoms with Crippen molar-refractivity contribution < 1.29 is 14.3 Å². The van der Waals surface area contributed by atoms with Crippen LogP contribution in [0.1, 0.15) is 65.2 Å². The first-order chi connectivity index (χ1) is 14.6. The maximum absolute atomic E-state index is 12.8. The van der Waals surface area contributed by atoms with Gasteiger partial charge in [0.2, 0.25) is 8.32 Å². The molecule has 1 aromatic rings. The molecule has 0 radical (unpaired) electrons. The van der Waals surface area contributed by atoms with Crippen LogP contribution in [0.2, 0.25) is 13.1 Å². The van der Waals surface area contributed by atoms with E-state index >= 15 is 0 Å². The Balaban J connectivity index is 1.49. The minimum Gasteiger partial charge on any atom is -0.410 e. The van der Waals surface area contributed by atoms with E-state index in [1.165, 1.54) is 11.6 Å². The first-order valence-electron chi connectivity index (χ1n) is 12.6. The Morgan fingerprint density at radius 2 is 1.71 bits per heavy atom. The first kappa shape index (κ1) is 21.9. The van der Waals surface area contributed by atoms with Gasteiger partial charge >= 0.3 is 0 Å². The van der Waals surface area contributed by atoms with E-state index in [2.05, 4.69) is 57.3 Å². The van der Waals surface area contributed by atoms with Gasteiger partial charge in [0.1, 0.15) is 5.78 Å². The molecule has 0 saturated heterocycles. The zero-order valence-electron chi connectivity index (χ0n) is 19.8. The summed E-state index contributed by atoms with van der Waals surface area (Å²) in [4.78, 5) is 12.8. The summed E-state index contributed by atoms with van der Waals surface area (Å²) in [6, 6.07) is 10.8. The minimum atomic E-state index is -2.07. The summed E-state index contributed by atoms with van der Waals surface area (Å²) in [6.07, 6.45) is 8.08. The van der Waals surface area contributed by atoms with Gasteiger partial charge in [-0.15, -0.1) is 0 Å². The standard InChI is InChI=1S/C27H40O3Si/c1-26-14-12-18(28)16-23(26)24(30-31(3,4)19-8-6-5-7-9-19)17-20-21-10-11-25(29)27(21,2)15-13-22(20)26/h5-9,18,20-24,28H,10-17H2,1-4H3/t18-,20-,21-,22-,23-,24+,26+,27-/m0/s1. The topological polar surface area (TPSA) is 46.5 Å². The first-order valence-corrected chi connectivity index (χ1v) is 15.5. The maximum atomic E-state index is 12.8. The third-order valence-electron chi connectivity index (χ3n) is 10.3. The lowest BCUT2D eigenvalue weighted by molar-refractivity contribution is -0.166. The molecule has 1 N–H and O–H groups in total. The van der Waals surface area contributed by atoms with Crippen LogP contribution in [-0.4, -0.2) is 31.4 Å². The molecular weight excluding hydrogens is 400 g/mol. The highest BCUT2D eigenvalue weighted by molar-refractivity contribution is 6.84.